The summed E-state index contributed by atoms with van der Waals surface area (Å²) in [6, 6.07) is 0. The standard InChI is InChI=1S/C9H18OS/c1-7(2)3-4-8-5-11-6-9(8)10/h7-10H,3-6H2,1-2H3. The second-order valence-corrected chi connectivity index (χ2v) is 4.91. The Hall–Kier alpha value is 0.310. The zero-order chi connectivity index (χ0) is 8.27. The number of hydrogen-bond donors (Lipinski definition) is 1. The molecule has 1 fully saturated rings. The Bertz CT molecular complexity index is 114. The normalized spacial score (nSPS) is 31.6. The van der Waals surface area contributed by atoms with Crippen LogP contribution in [0.25, 0.3) is 0 Å². The summed E-state index contributed by atoms with van der Waals surface area (Å²) in [6.45, 7) is 4.49. The summed E-state index contributed by atoms with van der Waals surface area (Å²) in [4.78, 5) is 0. The van der Waals surface area contributed by atoms with E-state index in [0.29, 0.717) is 5.92 Å². The summed E-state index contributed by atoms with van der Waals surface area (Å²) in [6.07, 6.45) is 2.47. The molecule has 66 valence electrons. The van der Waals surface area contributed by atoms with Crippen LogP contribution in [0.5, 0.6) is 0 Å². The van der Waals surface area contributed by atoms with E-state index in [2.05, 4.69) is 13.8 Å². The van der Waals surface area contributed by atoms with Gasteiger partial charge in [0.05, 0.1) is 6.10 Å². The minimum Gasteiger partial charge on any atom is -0.392 e. The van der Waals surface area contributed by atoms with E-state index >= 15 is 0 Å². The lowest BCUT2D eigenvalue weighted by molar-refractivity contribution is 0.141. The Morgan fingerprint density at radius 1 is 1.45 bits per heavy atom. The molecular formula is C9H18OS. The van der Waals surface area contributed by atoms with Gasteiger partial charge in [0.1, 0.15) is 0 Å². The van der Waals surface area contributed by atoms with Crippen LogP contribution < -0.4 is 0 Å². The van der Waals surface area contributed by atoms with Gasteiger partial charge in [-0.1, -0.05) is 20.3 Å². The van der Waals surface area contributed by atoms with Crippen LogP contribution in [0.2, 0.25) is 0 Å². The highest BCUT2D eigenvalue weighted by Gasteiger charge is 2.25. The second-order valence-electron chi connectivity index (χ2n) is 3.84. The first-order valence-corrected chi connectivity index (χ1v) is 5.61. The number of aliphatic hydroxyl groups is 1. The quantitative estimate of drug-likeness (QED) is 0.707. The van der Waals surface area contributed by atoms with Crippen molar-refractivity contribution in [2.75, 3.05) is 11.5 Å². The Balaban J connectivity index is 2.15. The minimum absolute atomic E-state index is 0.0150. The molecule has 1 N–H and O–H groups in total. The fourth-order valence-electron chi connectivity index (χ4n) is 1.41. The van der Waals surface area contributed by atoms with Gasteiger partial charge in [-0.25, -0.2) is 0 Å². The maximum Gasteiger partial charge on any atom is 0.0666 e. The van der Waals surface area contributed by atoms with Crippen molar-refractivity contribution in [3.05, 3.63) is 0 Å². The lowest BCUT2D eigenvalue weighted by Gasteiger charge is -2.13. The van der Waals surface area contributed by atoms with Crippen LogP contribution in [0.4, 0.5) is 0 Å². The van der Waals surface area contributed by atoms with Gasteiger partial charge in [0.25, 0.3) is 0 Å². The molecule has 2 unspecified atom stereocenters. The minimum atomic E-state index is -0.0150. The molecule has 0 spiro atoms. The van der Waals surface area contributed by atoms with Crippen molar-refractivity contribution in [2.24, 2.45) is 11.8 Å². The maximum atomic E-state index is 9.48. The fraction of sp³-hybridized carbons (Fsp3) is 1.00. The predicted molar refractivity (Wildman–Crippen MR) is 50.9 cm³/mol. The monoisotopic (exact) mass is 174 g/mol. The predicted octanol–water partition coefficient (Wildman–Crippen LogP) is 2.15. The Morgan fingerprint density at radius 3 is 2.64 bits per heavy atom. The molecule has 0 aromatic rings. The number of aliphatic hydroxyl groups excluding tert-OH is 1. The first kappa shape index (κ1) is 9.40. The molecule has 0 saturated carbocycles. The molecule has 1 nitrogen and oxygen atoms in total. The van der Waals surface area contributed by atoms with Gasteiger partial charge < -0.3 is 5.11 Å². The van der Waals surface area contributed by atoms with Crippen LogP contribution in [0.3, 0.4) is 0 Å². The van der Waals surface area contributed by atoms with Crippen LogP contribution >= 0.6 is 11.8 Å². The molecular weight excluding hydrogens is 156 g/mol. The Kier molecular flexibility index (Phi) is 3.73. The molecule has 11 heavy (non-hydrogen) atoms. The lowest BCUT2D eigenvalue weighted by Crippen LogP contribution is -2.17. The molecule has 2 atom stereocenters. The molecule has 0 aliphatic carbocycles. The van der Waals surface area contributed by atoms with E-state index in [4.69, 9.17) is 0 Å². The van der Waals surface area contributed by atoms with Crippen molar-refractivity contribution in [3.63, 3.8) is 0 Å². The van der Waals surface area contributed by atoms with Gasteiger partial charge in [-0.15, -0.1) is 0 Å². The molecule has 0 radical (unpaired) electrons. The molecule has 1 aliphatic rings. The summed E-state index contributed by atoms with van der Waals surface area (Å²) in [5.74, 6) is 3.51. The van der Waals surface area contributed by atoms with Gasteiger partial charge in [0.2, 0.25) is 0 Å². The molecule has 0 bridgehead atoms. The van der Waals surface area contributed by atoms with E-state index in [1.165, 1.54) is 18.6 Å². The van der Waals surface area contributed by atoms with Crippen LogP contribution in [-0.4, -0.2) is 22.7 Å². The molecule has 2 heteroatoms. The van der Waals surface area contributed by atoms with Crippen LogP contribution in [0.15, 0.2) is 0 Å². The lowest BCUT2D eigenvalue weighted by atomic mass is 9.96. The summed E-state index contributed by atoms with van der Waals surface area (Å²) in [5.41, 5.74) is 0. The summed E-state index contributed by atoms with van der Waals surface area (Å²) in [7, 11) is 0. The largest absolute Gasteiger partial charge is 0.392 e. The molecule has 0 amide bonds. The Morgan fingerprint density at radius 2 is 2.18 bits per heavy atom. The van der Waals surface area contributed by atoms with Gasteiger partial charge in [0, 0.05) is 5.75 Å². The van der Waals surface area contributed by atoms with E-state index in [1.807, 2.05) is 11.8 Å². The highest BCUT2D eigenvalue weighted by molar-refractivity contribution is 7.99. The fourth-order valence-corrected chi connectivity index (χ4v) is 2.75. The SMILES string of the molecule is CC(C)CCC1CSCC1O. The number of rotatable bonds is 3. The topological polar surface area (TPSA) is 20.2 Å². The highest BCUT2D eigenvalue weighted by Crippen LogP contribution is 2.28. The van der Waals surface area contributed by atoms with E-state index in [1.54, 1.807) is 0 Å². The van der Waals surface area contributed by atoms with Gasteiger partial charge >= 0.3 is 0 Å². The molecule has 1 aliphatic heterocycles. The smallest absolute Gasteiger partial charge is 0.0666 e. The van der Waals surface area contributed by atoms with Gasteiger partial charge in [0.15, 0.2) is 0 Å². The zero-order valence-electron chi connectivity index (χ0n) is 7.42. The Labute approximate surface area is 73.6 Å². The van der Waals surface area contributed by atoms with Crippen molar-refractivity contribution in [1.82, 2.24) is 0 Å². The van der Waals surface area contributed by atoms with E-state index in [0.717, 1.165) is 11.7 Å². The van der Waals surface area contributed by atoms with Gasteiger partial charge in [-0.2, -0.15) is 11.8 Å². The third kappa shape index (κ3) is 3.04. The average molecular weight is 174 g/mol. The zero-order valence-corrected chi connectivity index (χ0v) is 8.23. The van der Waals surface area contributed by atoms with Gasteiger partial charge in [-0.3, -0.25) is 0 Å². The first-order valence-electron chi connectivity index (χ1n) is 4.46. The molecule has 1 heterocycles. The van der Waals surface area contributed by atoms with Crippen LogP contribution in [0, 0.1) is 11.8 Å². The first-order chi connectivity index (χ1) is 5.20. The van der Waals surface area contributed by atoms with Crippen molar-refractivity contribution in [1.29, 1.82) is 0 Å². The van der Waals surface area contributed by atoms with Crippen molar-refractivity contribution in [3.8, 4) is 0 Å². The van der Waals surface area contributed by atoms with Crippen LogP contribution in [0.1, 0.15) is 26.7 Å². The highest BCUT2D eigenvalue weighted by atomic mass is 32.2. The average Bonchev–Trinajstić information content (AvgIpc) is 2.31. The second kappa shape index (κ2) is 4.36. The third-order valence-corrected chi connectivity index (χ3v) is 3.52. The molecule has 0 aromatic heterocycles. The molecule has 0 aromatic carbocycles. The summed E-state index contributed by atoms with van der Waals surface area (Å²) in [5, 5.41) is 9.48. The van der Waals surface area contributed by atoms with E-state index in [-0.39, 0.29) is 6.10 Å². The number of thioether (sulfide) groups is 1. The van der Waals surface area contributed by atoms with Crippen molar-refractivity contribution >= 4 is 11.8 Å². The molecule has 1 rings (SSSR count). The molecule has 1 saturated heterocycles. The summed E-state index contributed by atoms with van der Waals surface area (Å²) < 4.78 is 0. The van der Waals surface area contributed by atoms with Gasteiger partial charge in [-0.05, 0) is 24.0 Å². The van der Waals surface area contributed by atoms with E-state index in [9.17, 15) is 5.11 Å². The van der Waals surface area contributed by atoms with Crippen molar-refractivity contribution in [2.45, 2.75) is 32.8 Å². The van der Waals surface area contributed by atoms with Crippen LogP contribution in [-0.2, 0) is 0 Å². The van der Waals surface area contributed by atoms with E-state index < -0.39 is 0 Å². The number of hydrogen-bond acceptors (Lipinski definition) is 2. The summed E-state index contributed by atoms with van der Waals surface area (Å²) >= 11 is 1.89. The van der Waals surface area contributed by atoms with Crippen molar-refractivity contribution < 1.29 is 5.11 Å². The third-order valence-electron chi connectivity index (χ3n) is 2.28. The maximum absolute atomic E-state index is 9.48.